The summed E-state index contributed by atoms with van der Waals surface area (Å²) in [6.07, 6.45) is 16.2. The van der Waals surface area contributed by atoms with Crippen LogP contribution in [0.25, 0.3) is 0 Å². The zero-order valence-corrected chi connectivity index (χ0v) is 13.7. The van der Waals surface area contributed by atoms with E-state index in [1.54, 1.807) is 4.90 Å². The highest BCUT2D eigenvalue weighted by Crippen LogP contribution is 2.48. The van der Waals surface area contributed by atoms with Gasteiger partial charge in [-0.15, -0.1) is 0 Å². The summed E-state index contributed by atoms with van der Waals surface area (Å²) in [6.45, 7) is 2.70. The van der Waals surface area contributed by atoms with Gasteiger partial charge in [0.25, 0.3) is 0 Å². The maximum Gasteiger partial charge on any atom is 0.0822 e. The Morgan fingerprint density at radius 2 is 1.86 bits per heavy atom. The van der Waals surface area contributed by atoms with E-state index in [0.29, 0.717) is 12.2 Å². The topological polar surface area (TPSA) is 13.7 Å². The molecule has 3 fully saturated rings. The SMILES string of the molecule is C[NH+]1CCCC([C@H]2O[C@H]3CCCC[C@@H]3C3=CCCC[C@@H]32)C1. The minimum Gasteiger partial charge on any atom is -0.373 e. The molecule has 6 atom stereocenters. The fourth-order valence-corrected chi connectivity index (χ4v) is 5.68. The van der Waals surface area contributed by atoms with Crippen LogP contribution in [0.1, 0.15) is 57.8 Å². The molecule has 0 spiro atoms. The Bertz CT molecular complexity index is 404. The molecule has 1 N–H and O–H groups in total. The van der Waals surface area contributed by atoms with Gasteiger partial charge in [0.2, 0.25) is 0 Å². The smallest absolute Gasteiger partial charge is 0.0822 e. The Balaban J connectivity index is 1.58. The predicted molar refractivity (Wildman–Crippen MR) is 85.4 cm³/mol. The minimum atomic E-state index is 0.547. The van der Waals surface area contributed by atoms with Crippen molar-refractivity contribution in [2.24, 2.45) is 17.8 Å². The number of quaternary nitrogens is 1. The number of piperidine rings is 1. The molecule has 2 saturated heterocycles. The lowest BCUT2D eigenvalue weighted by Gasteiger charge is -2.50. The molecule has 2 heteroatoms. The highest BCUT2D eigenvalue weighted by molar-refractivity contribution is 5.21. The zero-order valence-electron chi connectivity index (χ0n) is 13.7. The van der Waals surface area contributed by atoms with Crippen molar-refractivity contribution in [1.29, 1.82) is 0 Å². The summed E-state index contributed by atoms with van der Waals surface area (Å²) in [5.41, 5.74) is 1.84. The Labute approximate surface area is 129 Å². The van der Waals surface area contributed by atoms with Gasteiger partial charge < -0.3 is 9.64 Å². The number of fused-ring (bicyclic) bond motifs is 3. The predicted octanol–water partition coefficient (Wildman–Crippen LogP) is 2.60. The molecular weight excluding hydrogens is 258 g/mol. The van der Waals surface area contributed by atoms with Crippen molar-refractivity contribution < 1.29 is 9.64 Å². The van der Waals surface area contributed by atoms with Crippen LogP contribution in [0.4, 0.5) is 0 Å². The van der Waals surface area contributed by atoms with E-state index in [9.17, 15) is 0 Å². The number of nitrogens with one attached hydrogen (secondary N) is 1. The van der Waals surface area contributed by atoms with Crippen LogP contribution in [0.2, 0.25) is 0 Å². The second kappa shape index (κ2) is 6.04. The third-order valence-corrected chi connectivity index (χ3v) is 6.64. The summed E-state index contributed by atoms with van der Waals surface area (Å²) in [5, 5.41) is 0. The number of likely N-dealkylation sites (tertiary alicyclic amines) is 1. The van der Waals surface area contributed by atoms with E-state index in [1.165, 1.54) is 70.9 Å². The number of hydrogen-bond donors (Lipinski definition) is 1. The Kier molecular flexibility index (Phi) is 4.10. The molecule has 2 aliphatic heterocycles. The molecule has 4 aliphatic rings. The van der Waals surface area contributed by atoms with Crippen molar-refractivity contribution in [3.8, 4) is 0 Å². The van der Waals surface area contributed by atoms with E-state index in [2.05, 4.69) is 13.1 Å². The van der Waals surface area contributed by atoms with Crippen LogP contribution >= 0.6 is 0 Å². The Morgan fingerprint density at radius 3 is 2.76 bits per heavy atom. The molecule has 2 heterocycles. The van der Waals surface area contributed by atoms with Gasteiger partial charge in [-0.05, 0) is 44.9 Å². The molecular formula is C19H32NO+. The van der Waals surface area contributed by atoms with Crippen LogP contribution in [0.3, 0.4) is 0 Å². The van der Waals surface area contributed by atoms with Crippen molar-refractivity contribution in [1.82, 2.24) is 0 Å². The Morgan fingerprint density at radius 1 is 1.00 bits per heavy atom. The van der Waals surface area contributed by atoms with Crippen LogP contribution in [0.5, 0.6) is 0 Å². The van der Waals surface area contributed by atoms with Crippen LogP contribution in [-0.4, -0.2) is 32.3 Å². The monoisotopic (exact) mass is 290 g/mol. The zero-order chi connectivity index (χ0) is 14.2. The molecule has 0 bridgehead atoms. The quantitative estimate of drug-likeness (QED) is 0.733. The highest BCUT2D eigenvalue weighted by atomic mass is 16.5. The largest absolute Gasteiger partial charge is 0.373 e. The first kappa shape index (κ1) is 14.3. The lowest BCUT2D eigenvalue weighted by atomic mass is 9.66. The van der Waals surface area contributed by atoms with Gasteiger partial charge in [-0.3, -0.25) is 0 Å². The van der Waals surface area contributed by atoms with E-state index < -0.39 is 0 Å². The van der Waals surface area contributed by atoms with Crippen LogP contribution < -0.4 is 4.90 Å². The summed E-state index contributed by atoms with van der Waals surface area (Å²) in [6, 6.07) is 0. The average molecular weight is 290 g/mol. The number of rotatable bonds is 1. The lowest BCUT2D eigenvalue weighted by Crippen LogP contribution is -3.11. The fourth-order valence-electron chi connectivity index (χ4n) is 5.68. The molecule has 2 aliphatic carbocycles. The summed E-state index contributed by atoms with van der Waals surface area (Å²) < 4.78 is 6.79. The van der Waals surface area contributed by atoms with Gasteiger partial charge in [0.1, 0.15) is 0 Å². The van der Waals surface area contributed by atoms with Crippen molar-refractivity contribution in [3.63, 3.8) is 0 Å². The van der Waals surface area contributed by atoms with Gasteiger partial charge in [-0.25, -0.2) is 0 Å². The molecule has 2 unspecified atom stereocenters. The van der Waals surface area contributed by atoms with Crippen molar-refractivity contribution in [2.45, 2.75) is 70.0 Å². The molecule has 118 valence electrons. The summed E-state index contributed by atoms with van der Waals surface area (Å²) in [7, 11) is 2.37. The standard InChI is InChI=1S/C19H31NO/c1-20-12-6-7-14(13-20)19-17-10-3-2-8-15(17)16-9-4-5-11-18(16)21-19/h8,14,16-19H,2-7,9-13H2,1H3/p+1/t14?,16-,17+,18+,19-/m1/s1. The van der Waals surface area contributed by atoms with E-state index in [0.717, 1.165) is 17.8 Å². The van der Waals surface area contributed by atoms with E-state index in [4.69, 9.17) is 4.74 Å². The first-order chi connectivity index (χ1) is 10.3. The van der Waals surface area contributed by atoms with Gasteiger partial charge >= 0.3 is 0 Å². The molecule has 0 amide bonds. The third kappa shape index (κ3) is 2.70. The molecule has 0 aromatic heterocycles. The molecule has 21 heavy (non-hydrogen) atoms. The van der Waals surface area contributed by atoms with E-state index in [1.807, 2.05) is 5.57 Å². The summed E-state index contributed by atoms with van der Waals surface area (Å²) in [5.74, 6) is 2.37. The number of allylic oxidation sites excluding steroid dienone is 1. The second-order valence-corrected chi connectivity index (χ2v) is 8.09. The highest BCUT2D eigenvalue weighted by Gasteiger charge is 2.46. The molecule has 0 radical (unpaired) electrons. The van der Waals surface area contributed by atoms with Gasteiger partial charge in [0.15, 0.2) is 0 Å². The molecule has 1 saturated carbocycles. The van der Waals surface area contributed by atoms with Crippen molar-refractivity contribution in [2.75, 3.05) is 20.1 Å². The summed E-state index contributed by atoms with van der Waals surface area (Å²) >= 11 is 0. The molecule has 0 aromatic rings. The van der Waals surface area contributed by atoms with Crippen molar-refractivity contribution in [3.05, 3.63) is 11.6 Å². The van der Waals surface area contributed by atoms with Gasteiger partial charge in [-0.2, -0.15) is 0 Å². The molecule has 0 aromatic carbocycles. The first-order valence-corrected chi connectivity index (χ1v) is 9.49. The normalized spacial score (nSPS) is 47.2. The average Bonchev–Trinajstić information content (AvgIpc) is 2.54. The van der Waals surface area contributed by atoms with Gasteiger partial charge in [-0.1, -0.05) is 24.5 Å². The van der Waals surface area contributed by atoms with E-state index in [-0.39, 0.29) is 0 Å². The number of hydrogen-bond acceptors (Lipinski definition) is 1. The maximum atomic E-state index is 6.79. The second-order valence-electron chi connectivity index (χ2n) is 8.09. The van der Waals surface area contributed by atoms with Gasteiger partial charge in [0.05, 0.1) is 32.3 Å². The van der Waals surface area contributed by atoms with Crippen LogP contribution in [0, 0.1) is 17.8 Å². The van der Waals surface area contributed by atoms with Crippen molar-refractivity contribution >= 4 is 0 Å². The minimum absolute atomic E-state index is 0.547. The van der Waals surface area contributed by atoms with Crippen LogP contribution in [-0.2, 0) is 4.74 Å². The third-order valence-electron chi connectivity index (χ3n) is 6.64. The van der Waals surface area contributed by atoms with Crippen LogP contribution in [0.15, 0.2) is 11.6 Å². The Hall–Kier alpha value is -0.340. The fraction of sp³-hybridized carbons (Fsp3) is 0.895. The maximum absolute atomic E-state index is 6.79. The lowest BCUT2D eigenvalue weighted by molar-refractivity contribution is -0.889. The first-order valence-electron chi connectivity index (χ1n) is 9.49. The van der Waals surface area contributed by atoms with Gasteiger partial charge in [0, 0.05) is 17.8 Å². The molecule has 4 rings (SSSR count). The number of ether oxygens (including phenoxy) is 1. The summed E-state index contributed by atoms with van der Waals surface area (Å²) in [4.78, 5) is 1.72. The molecule has 2 nitrogen and oxygen atoms in total. The van der Waals surface area contributed by atoms with E-state index >= 15 is 0 Å².